The highest BCUT2D eigenvalue weighted by Gasteiger charge is 2.37. The molecule has 0 aliphatic carbocycles. The van der Waals surface area contributed by atoms with Gasteiger partial charge in [0.15, 0.2) is 0 Å². The van der Waals surface area contributed by atoms with E-state index in [1.54, 1.807) is 0 Å². The van der Waals surface area contributed by atoms with Gasteiger partial charge in [-0.25, -0.2) is 0 Å². The molecule has 1 aromatic rings. The molecule has 0 aromatic heterocycles. The van der Waals surface area contributed by atoms with Crippen LogP contribution in [0.4, 0.5) is 11.4 Å². The Morgan fingerprint density at radius 2 is 1.93 bits per heavy atom. The molecule has 1 saturated heterocycles. The van der Waals surface area contributed by atoms with Gasteiger partial charge < -0.3 is 5.73 Å². The van der Waals surface area contributed by atoms with Crippen molar-refractivity contribution in [2.75, 3.05) is 17.3 Å². The first-order valence-electron chi connectivity index (χ1n) is 4.93. The predicted octanol–water partition coefficient (Wildman–Crippen LogP) is 1.15. The number of amides is 1. The summed E-state index contributed by atoms with van der Waals surface area (Å²) in [6.07, 6.45) is 0. The van der Waals surface area contributed by atoms with Gasteiger partial charge >= 0.3 is 0 Å². The van der Waals surface area contributed by atoms with Crippen molar-refractivity contribution in [3.8, 4) is 0 Å². The Bertz CT molecular complexity index is 383. The number of nitrogens with zero attached hydrogens (tertiary/aromatic N) is 1. The van der Waals surface area contributed by atoms with Gasteiger partial charge in [-0.05, 0) is 38.1 Å². The molecule has 15 heavy (non-hydrogen) atoms. The van der Waals surface area contributed by atoms with E-state index in [1.165, 1.54) is 0 Å². The van der Waals surface area contributed by atoms with E-state index in [4.69, 9.17) is 5.73 Å². The van der Waals surface area contributed by atoms with Crippen LogP contribution in [0.1, 0.15) is 13.8 Å². The highest BCUT2D eigenvalue weighted by Crippen LogP contribution is 2.27. The molecule has 2 rings (SSSR count). The van der Waals surface area contributed by atoms with Crippen LogP contribution in [0.15, 0.2) is 24.3 Å². The topological polar surface area (TPSA) is 58.4 Å². The van der Waals surface area contributed by atoms with Crippen LogP contribution in [0.2, 0.25) is 0 Å². The molecule has 1 aliphatic heterocycles. The average Bonchev–Trinajstić information content (AvgIpc) is 2.42. The van der Waals surface area contributed by atoms with Crippen LogP contribution in [0, 0.1) is 5.41 Å². The van der Waals surface area contributed by atoms with Gasteiger partial charge in [-0.15, -0.1) is 0 Å². The molecule has 4 nitrogen and oxygen atoms in total. The predicted molar refractivity (Wildman–Crippen MR) is 60.1 cm³/mol. The lowest BCUT2D eigenvalue weighted by atomic mass is 9.94. The monoisotopic (exact) mass is 205 g/mol. The normalized spacial score (nSPS) is 19.1. The van der Waals surface area contributed by atoms with Crippen molar-refractivity contribution >= 4 is 17.3 Å². The first-order chi connectivity index (χ1) is 6.99. The number of hydrogen-bond donors (Lipinski definition) is 2. The maximum absolute atomic E-state index is 11.6. The molecule has 1 aliphatic rings. The molecule has 4 heteroatoms. The van der Waals surface area contributed by atoms with Crippen molar-refractivity contribution in [3.63, 3.8) is 0 Å². The van der Waals surface area contributed by atoms with Crippen molar-refractivity contribution in [2.24, 2.45) is 5.41 Å². The van der Waals surface area contributed by atoms with Crippen LogP contribution in [0.5, 0.6) is 0 Å². The van der Waals surface area contributed by atoms with E-state index < -0.39 is 0 Å². The van der Waals surface area contributed by atoms with Gasteiger partial charge in [0.2, 0.25) is 5.91 Å². The average molecular weight is 205 g/mol. The van der Waals surface area contributed by atoms with E-state index >= 15 is 0 Å². The summed E-state index contributed by atoms with van der Waals surface area (Å²) in [7, 11) is 0. The molecule has 1 aromatic carbocycles. The van der Waals surface area contributed by atoms with Crippen molar-refractivity contribution in [2.45, 2.75) is 13.8 Å². The highest BCUT2D eigenvalue weighted by atomic mass is 16.2. The lowest BCUT2D eigenvalue weighted by molar-refractivity contribution is -0.125. The fraction of sp³-hybridized carbons (Fsp3) is 0.364. The van der Waals surface area contributed by atoms with Crippen molar-refractivity contribution < 1.29 is 4.79 Å². The number of hydrazine groups is 1. The summed E-state index contributed by atoms with van der Waals surface area (Å²) in [5.74, 6) is 0.0549. The number of carbonyl (C=O) groups is 1. The smallest absolute Gasteiger partial charge is 0.246 e. The number of rotatable bonds is 1. The van der Waals surface area contributed by atoms with Gasteiger partial charge in [0, 0.05) is 5.69 Å². The Morgan fingerprint density at radius 3 is 2.40 bits per heavy atom. The fourth-order valence-electron chi connectivity index (χ4n) is 1.59. The van der Waals surface area contributed by atoms with E-state index in [-0.39, 0.29) is 11.3 Å². The molecule has 1 fully saturated rings. The summed E-state index contributed by atoms with van der Waals surface area (Å²) >= 11 is 0. The van der Waals surface area contributed by atoms with Gasteiger partial charge in [0.05, 0.1) is 17.6 Å². The second-order valence-electron chi connectivity index (χ2n) is 4.50. The van der Waals surface area contributed by atoms with Crippen molar-refractivity contribution in [1.29, 1.82) is 0 Å². The van der Waals surface area contributed by atoms with Gasteiger partial charge in [-0.1, -0.05) is 0 Å². The third kappa shape index (κ3) is 1.75. The molecule has 0 saturated carbocycles. The Balaban J connectivity index is 2.21. The summed E-state index contributed by atoms with van der Waals surface area (Å²) in [5.41, 5.74) is 9.79. The number of carbonyl (C=O) groups excluding carboxylic acids is 1. The molecule has 0 spiro atoms. The van der Waals surface area contributed by atoms with E-state index in [2.05, 4.69) is 5.43 Å². The number of nitrogen functional groups attached to an aromatic ring is 1. The third-order valence-corrected chi connectivity index (χ3v) is 2.61. The van der Waals surface area contributed by atoms with Crippen LogP contribution in [0.25, 0.3) is 0 Å². The minimum absolute atomic E-state index is 0.0549. The summed E-state index contributed by atoms with van der Waals surface area (Å²) in [6.45, 7) is 4.54. The second kappa shape index (κ2) is 3.15. The maximum Gasteiger partial charge on any atom is 0.246 e. The molecule has 0 unspecified atom stereocenters. The number of nitrogens with two attached hydrogens (primary N) is 1. The van der Waals surface area contributed by atoms with Gasteiger partial charge in [-0.3, -0.25) is 15.2 Å². The zero-order valence-corrected chi connectivity index (χ0v) is 8.95. The summed E-state index contributed by atoms with van der Waals surface area (Å²) in [4.78, 5) is 11.6. The zero-order chi connectivity index (χ0) is 11.1. The lowest BCUT2D eigenvalue weighted by Gasteiger charge is -2.18. The van der Waals surface area contributed by atoms with E-state index in [9.17, 15) is 4.79 Å². The first-order valence-corrected chi connectivity index (χ1v) is 4.93. The van der Waals surface area contributed by atoms with Crippen molar-refractivity contribution in [1.82, 2.24) is 5.43 Å². The van der Waals surface area contributed by atoms with Crippen molar-refractivity contribution in [3.05, 3.63) is 24.3 Å². The summed E-state index contributed by atoms with van der Waals surface area (Å²) in [6, 6.07) is 7.45. The number of benzene rings is 1. The number of anilines is 2. The highest BCUT2D eigenvalue weighted by molar-refractivity contribution is 5.87. The SMILES string of the molecule is CC1(C)CN(c2ccc(N)cc2)NC1=O. The van der Waals surface area contributed by atoms with E-state index in [0.717, 1.165) is 11.4 Å². The Labute approximate surface area is 89.0 Å². The largest absolute Gasteiger partial charge is 0.399 e. The van der Waals surface area contributed by atoms with Gasteiger partial charge in [0.25, 0.3) is 0 Å². The zero-order valence-electron chi connectivity index (χ0n) is 8.95. The quantitative estimate of drug-likeness (QED) is 0.676. The Kier molecular flexibility index (Phi) is 2.07. The van der Waals surface area contributed by atoms with Crippen LogP contribution in [-0.4, -0.2) is 12.5 Å². The standard InChI is InChI=1S/C11H15N3O/c1-11(2)7-14(13-10(11)15)9-5-3-8(12)4-6-9/h3-6H,7,12H2,1-2H3,(H,13,15). The molecule has 0 radical (unpaired) electrons. The van der Waals surface area contributed by atoms with Crippen LogP contribution >= 0.6 is 0 Å². The fourth-order valence-corrected chi connectivity index (χ4v) is 1.59. The molecular weight excluding hydrogens is 190 g/mol. The summed E-state index contributed by atoms with van der Waals surface area (Å²) < 4.78 is 0. The number of hydrogen-bond acceptors (Lipinski definition) is 3. The molecule has 0 bridgehead atoms. The molecule has 0 atom stereocenters. The molecule has 1 amide bonds. The Morgan fingerprint density at radius 1 is 1.33 bits per heavy atom. The second-order valence-corrected chi connectivity index (χ2v) is 4.50. The van der Waals surface area contributed by atoms with Crippen LogP contribution in [-0.2, 0) is 4.79 Å². The minimum Gasteiger partial charge on any atom is -0.399 e. The van der Waals surface area contributed by atoms with Gasteiger partial charge in [-0.2, -0.15) is 0 Å². The van der Waals surface area contributed by atoms with E-state index in [1.807, 2.05) is 43.1 Å². The first kappa shape index (κ1) is 9.83. The Hall–Kier alpha value is -1.71. The molecular formula is C11H15N3O. The number of nitrogens with one attached hydrogen (secondary N) is 1. The van der Waals surface area contributed by atoms with Crippen LogP contribution in [0.3, 0.4) is 0 Å². The van der Waals surface area contributed by atoms with E-state index in [0.29, 0.717) is 6.54 Å². The third-order valence-electron chi connectivity index (χ3n) is 2.61. The molecule has 3 N–H and O–H groups in total. The maximum atomic E-state index is 11.6. The van der Waals surface area contributed by atoms with Crippen LogP contribution < -0.4 is 16.2 Å². The summed E-state index contributed by atoms with van der Waals surface area (Å²) in [5, 5.41) is 1.85. The minimum atomic E-state index is -0.332. The lowest BCUT2D eigenvalue weighted by Crippen LogP contribution is -2.33. The molecule has 1 heterocycles. The molecule has 80 valence electrons. The van der Waals surface area contributed by atoms with Gasteiger partial charge in [0.1, 0.15) is 0 Å².